The number of allylic oxidation sites excluding steroid dienone is 2. The summed E-state index contributed by atoms with van der Waals surface area (Å²) in [7, 11) is 1.34. The number of fused-ring (bicyclic) bond motifs is 8. The second-order valence-corrected chi connectivity index (χ2v) is 20.9. The van der Waals surface area contributed by atoms with Crippen LogP contribution in [0.15, 0.2) is 17.3 Å². The molecular weight excluding hydrogens is 837 g/mol. The molecule has 66 heavy (non-hydrogen) atoms. The number of carbonyl (C=O) groups excluding carboxylic acids is 2. The molecule has 11 heteroatoms. The predicted molar refractivity (Wildman–Crippen MR) is 268 cm³/mol. The van der Waals surface area contributed by atoms with Crippen molar-refractivity contribution in [3.63, 3.8) is 0 Å². The third kappa shape index (κ3) is 12.1. The van der Waals surface area contributed by atoms with Gasteiger partial charge < -0.3 is 40.3 Å². The van der Waals surface area contributed by atoms with E-state index in [2.05, 4.69) is 61.5 Å². The van der Waals surface area contributed by atoms with Crippen LogP contribution >= 0.6 is 0 Å². The van der Waals surface area contributed by atoms with Gasteiger partial charge in [0, 0.05) is 11.6 Å². The van der Waals surface area contributed by atoms with E-state index in [1.165, 1.54) is 57.6 Å². The molecule has 0 amide bonds. The van der Waals surface area contributed by atoms with Crippen LogP contribution in [0.25, 0.3) is 39.9 Å². The topological polar surface area (TPSA) is 149 Å². The molecule has 0 spiro atoms. The normalized spacial score (nSPS) is 27.4. The molecule has 6 rings (SSSR count). The van der Waals surface area contributed by atoms with Crippen LogP contribution in [0, 0.1) is 61.2 Å². The Bertz CT molecular complexity index is 2330. The first kappa shape index (κ1) is 53.5. The zero-order valence-corrected chi connectivity index (χ0v) is 43.9. The van der Waals surface area contributed by atoms with Gasteiger partial charge in [-0.1, -0.05) is 152 Å². The number of aromatic nitrogens is 2. The molecule has 2 aromatic rings. The zero-order chi connectivity index (χ0) is 47.3. The van der Waals surface area contributed by atoms with Crippen molar-refractivity contribution < 1.29 is 29.3 Å². The summed E-state index contributed by atoms with van der Waals surface area (Å²) in [6, 6.07) is -0.907. The molecule has 4 aliphatic rings. The average Bonchev–Trinajstić information content (AvgIpc) is 4.00. The van der Waals surface area contributed by atoms with Crippen LogP contribution in [0.5, 0.6) is 0 Å². The van der Waals surface area contributed by atoms with Crippen LogP contribution < -0.4 is 31.1 Å². The number of carbonyl (C=O) groups is 2. The number of rotatable bonds is 19. The summed E-state index contributed by atoms with van der Waals surface area (Å²) in [6.45, 7) is 24.0. The Morgan fingerprint density at radius 1 is 0.924 bits per heavy atom. The van der Waals surface area contributed by atoms with Gasteiger partial charge >= 0.3 is 35.0 Å². The van der Waals surface area contributed by atoms with Crippen LogP contribution in [0.3, 0.4) is 0 Å². The van der Waals surface area contributed by atoms with Gasteiger partial charge in [-0.15, -0.1) is 34.6 Å². The van der Waals surface area contributed by atoms with Crippen LogP contribution in [-0.2, 0) is 25.5 Å². The number of aliphatic hydroxyl groups excluding tert-OH is 2. The quantitative estimate of drug-likeness (QED) is 0.0806. The predicted octanol–water partition coefficient (Wildman–Crippen LogP) is 9.02. The Morgan fingerprint density at radius 2 is 1.59 bits per heavy atom. The van der Waals surface area contributed by atoms with Crippen LogP contribution in [0.2, 0.25) is 0 Å². The van der Waals surface area contributed by atoms with E-state index in [0.717, 1.165) is 64.2 Å². The maximum atomic E-state index is 13.7. The van der Waals surface area contributed by atoms with Crippen molar-refractivity contribution in [2.45, 2.75) is 178 Å². The molecule has 2 aromatic heterocycles. The van der Waals surface area contributed by atoms with Crippen molar-refractivity contribution in [1.82, 2.24) is 9.97 Å². The van der Waals surface area contributed by atoms with E-state index in [1.807, 2.05) is 26.0 Å². The van der Waals surface area contributed by atoms with Gasteiger partial charge in [-0.05, 0) is 87.8 Å². The molecule has 2 N–H and O–H groups in total. The molecule has 3 aliphatic heterocycles. The van der Waals surface area contributed by atoms with Gasteiger partial charge in [0.15, 0.2) is 0 Å². The number of aliphatic hydroxyl groups is 2. The number of ether oxygens (including phenoxy) is 2. The molecule has 10 nitrogen and oxygen atoms in total. The van der Waals surface area contributed by atoms with Crippen LogP contribution in [0.1, 0.15) is 162 Å². The van der Waals surface area contributed by atoms with Gasteiger partial charge in [-0.3, -0.25) is 9.59 Å². The summed E-state index contributed by atoms with van der Waals surface area (Å²) in [5.74, 6) is 0.754. The summed E-state index contributed by atoms with van der Waals surface area (Å²) < 4.78 is 11.2. The second-order valence-electron chi connectivity index (χ2n) is 20.9. The standard InChI is InChI=1S/C55H80N4O6.Mg/c1-13-39-34(7)41-29-46-48(38(11)60)36(9)43(57-46)27-42-35(8)40(52(58-42)50-51(55(63)64-12)54(62)49-37(10)44(59-53(49)50)28-45(39)56-41)23-24-47(61)65-26-25-33(6)22-16-21-32(5)20-15-19-31(4)18-14-17-30(2)3;/h25,28-32,34-35,39-42,51-52,60,62H,13-24,26-27H2,1-12H3;/q-4;+2/b33-25-,45-28-,46-29-,48-38-;/t31-,32-,34-,35+,39-,40+,41-,42?,51-,52?;/m1./s1. The first-order chi connectivity index (χ1) is 30.9. The molecule has 8 bridgehead atoms. The minimum Gasteiger partial charge on any atom is -0.682 e. The molecule has 2 saturated heterocycles. The van der Waals surface area contributed by atoms with Gasteiger partial charge in [0.05, 0.1) is 12.9 Å². The molecule has 5 heterocycles. The maximum absolute atomic E-state index is 13.7. The first-order valence-corrected chi connectivity index (χ1v) is 25.1. The fraction of sp³-hybridized carbons (Fsp3) is 0.673. The Hall–Kier alpha value is -3.41. The minimum absolute atomic E-state index is 0. The molecule has 10 atom stereocenters. The Morgan fingerprint density at radius 3 is 2.23 bits per heavy atom. The molecule has 1 aliphatic carbocycles. The summed E-state index contributed by atoms with van der Waals surface area (Å²) in [6.07, 6.45) is 19.5. The van der Waals surface area contributed by atoms with Gasteiger partial charge in [0.2, 0.25) is 0 Å². The molecule has 2 fully saturated rings. The molecule has 0 saturated carbocycles. The van der Waals surface area contributed by atoms with E-state index in [9.17, 15) is 19.8 Å². The summed E-state index contributed by atoms with van der Waals surface area (Å²) >= 11 is 0. The maximum Gasteiger partial charge on any atom is 2.00 e. The average molecular weight is 918 g/mol. The Kier molecular flexibility index (Phi) is 19.3. The van der Waals surface area contributed by atoms with E-state index in [0.29, 0.717) is 40.6 Å². The van der Waals surface area contributed by atoms with E-state index < -0.39 is 17.9 Å². The summed E-state index contributed by atoms with van der Waals surface area (Å²) in [4.78, 5) is 37.5. The van der Waals surface area contributed by atoms with Crippen molar-refractivity contribution in [2.75, 3.05) is 13.7 Å². The number of hydrogen-bond donors (Lipinski definition) is 2. The van der Waals surface area contributed by atoms with Crippen molar-refractivity contribution in [3.05, 3.63) is 71.6 Å². The van der Waals surface area contributed by atoms with E-state index in [1.54, 1.807) is 6.92 Å². The first-order valence-electron chi connectivity index (χ1n) is 25.1. The van der Waals surface area contributed by atoms with Crippen LogP contribution in [0.4, 0.5) is 0 Å². The second kappa shape index (κ2) is 23.7. The monoisotopic (exact) mass is 917 g/mol. The molecule has 0 radical (unpaired) electrons. The number of nitrogens with zero attached hydrogens (tertiary/aromatic N) is 4. The third-order valence-corrected chi connectivity index (χ3v) is 15.6. The SMILES string of the molecule is CC[C@H]1/C2=C/c3[n-]c4c(c3C)=C(O)[C@H](C(=O)OC)C=4C3[N-]C(Cc4[n-]c(/c(=C(/C)O)c4C)=C\[C@@H]([N-]2)[C@@H]1C)[C@@H](C)[C@@H]3CCC(=O)OC/C=C(/C)CCC[C@H](C)CCC[C@H](C)CCCC(C)C.[Mg+2]. The van der Waals surface area contributed by atoms with Crippen LogP contribution in [-0.4, -0.2) is 77.0 Å². The smallest absolute Gasteiger partial charge is 0.682 e. The van der Waals surface area contributed by atoms with Gasteiger partial charge in [-0.25, -0.2) is 0 Å². The molecular formula is C55H80MgN4O6-2. The van der Waals surface area contributed by atoms with Gasteiger partial charge in [0.1, 0.15) is 18.3 Å². The molecule has 360 valence electrons. The number of methoxy groups -OCH3 is 1. The van der Waals surface area contributed by atoms with E-state index in [-0.39, 0.29) is 89.3 Å². The Labute approximate surface area is 411 Å². The Balaban J connectivity index is 0.00000817. The van der Waals surface area contributed by atoms with Gasteiger partial charge in [-0.2, -0.15) is 11.4 Å². The van der Waals surface area contributed by atoms with E-state index >= 15 is 0 Å². The van der Waals surface area contributed by atoms with Gasteiger partial charge in [0.25, 0.3) is 0 Å². The van der Waals surface area contributed by atoms with E-state index in [4.69, 9.17) is 30.1 Å². The van der Waals surface area contributed by atoms with Crippen molar-refractivity contribution >= 4 is 64.2 Å². The van der Waals surface area contributed by atoms with Crippen molar-refractivity contribution in [1.29, 1.82) is 0 Å². The summed E-state index contributed by atoms with van der Waals surface area (Å²) in [5, 5.41) is 36.2. The minimum atomic E-state index is -1.06. The summed E-state index contributed by atoms with van der Waals surface area (Å²) in [5.41, 5.74) is 6.06. The largest absolute Gasteiger partial charge is 2.00 e. The third-order valence-electron chi connectivity index (χ3n) is 15.6. The zero-order valence-electron chi connectivity index (χ0n) is 42.5. The fourth-order valence-electron chi connectivity index (χ4n) is 11.5. The van der Waals surface area contributed by atoms with Crippen molar-refractivity contribution in [2.24, 2.45) is 47.3 Å². The number of esters is 2. The number of hydrogen-bond acceptors (Lipinski definition) is 6. The molecule has 0 aromatic carbocycles. The van der Waals surface area contributed by atoms with Crippen molar-refractivity contribution in [3.8, 4) is 0 Å². The molecule has 2 unspecified atom stereocenters. The fourth-order valence-corrected chi connectivity index (χ4v) is 11.5.